The number of hydrogen-bond acceptors (Lipinski definition) is 7. The number of nitrogens with one attached hydrogen (secondary N) is 2. The molecule has 4 aromatic rings. The Bertz CT molecular complexity index is 1610. The fourth-order valence-electron chi connectivity index (χ4n) is 4.48. The van der Waals surface area contributed by atoms with Gasteiger partial charge in [-0.3, -0.25) is 9.52 Å². The molecule has 10 nitrogen and oxygen atoms in total. The Labute approximate surface area is 228 Å². The number of sulfonamides is 1. The topological polar surface area (TPSA) is 128 Å². The number of aromatic nitrogens is 4. The Hall–Kier alpha value is -3.86. The van der Waals surface area contributed by atoms with E-state index in [4.69, 9.17) is 14.6 Å². The van der Waals surface area contributed by atoms with Crippen molar-refractivity contribution in [3.8, 4) is 22.9 Å². The first kappa shape index (κ1) is 28.2. The fraction of sp³-hybridized carbons (Fsp3) is 0.393. The number of H-pyrrole nitrogens is 1. The number of fused-ring (bicyclic) bond motifs is 1. The smallest absolute Gasteiger partial charge is 0.277 e. The summed E-state index contributed by atoms with van der Waals surface area (Å²) in [4.78, 5) is 20.5. The molecule has 2 aromatic heterocycles. The highest BCUT2D eigenvalue weighted by Crippen LogP contribution is 2.32. The summed E-state index contributed by atoms with van der Waals surface area (Å²) in [6.07, 6.45) is 6.20. The van der Waals surface area contributed by atoms with E-state index in [2.05, 4.69) is 21.6 Å². The van der Waals surface area contributed by atoms with Crippen LogP contribution in [0, 0.1) is 6.92 Å². The molecule has 2 N–H and O–H groups in total. The molecule has 4 rings (SSSR count). The van der Waals surface area contributed by atoms with Crippen LogP contribution >= 0.6 is 0 Å². The van der Waals surface area contributed by atoms with Gasteiger partial charge >= 0.3 is 0 Å². The number of nitrogens with zero attached hydrogens (tertiary/aromatic N) is 3. The van der Waals surface area contributed by atoms with Crippen LogP contribution in [0.1, 0.15) is 57.5 Å². The minimum absolute atomic E-state index is 0.0208. The molecule has 11 heteroatoms. The SMILES string of the molecule is CCCCCCCc1nc(C)c2c(=O)[nH]c(-c3cc(S(=O)(=O)Nc4ccccc4OC)ccc3OCC)nn12. The van der Waals surface area contributed by atoms with E-state index in [1.807, 2.05) is 6.92 Å². The number of aryl methyl sites for hydroxylation is 2. The zero-order chi connectivity index (χ0) is 28.0. The van der Waals surface area contributed by atoms with Crippen molar-refractivity contribution >= 4 is 21.2 Å². The van der Waals surface area contributed by atoms with Gasteiger partial charge in [-0.15, -0.1) is 5.10 Å². The molecule has 0 aliphatic carbocycles. The van der Waals surface area contributed by atoms with E-state index in [1.54, 1.807) is 41.8 Å². The van der Waals surface area contributed by atoms with Gasteiger partial charge in [-0.2, -0.15) is 0 Å². The van der Waals surface area contributed by atoms with Crippen molar-refractivity contribution in [3.63, 3.8) is 0 Å². The Morgan fingerprint density at radius 2 is 1.79 bits per heavy atom. The maximum Gasteiger partial charge on any atom is 0.277 e. The molecular weight excluding hydrogens is 518 g/mol. The molecule has 2 aromatic carbocycles. The van der Waals surface area contributed by atoms with E-state index in [9.17, 15) is 13.2 Å². The maximum atomic E-state index is 13.3. The van der Waals surface area contributed by atoms with Gasteiger partial charge in [-0.25, -0.2) is 17.9 Å². The van der Waals surface area contributed by atoms with E-state index in [0.717, 1.165) is 25.7 Å². The van der Waals surface area contributed by atoms with Crippen LogP contribution in [0.15, 0.2) is 52.2 Å². The van der Waals surface area contributed by atoms with Gasteiger partial charge in [-0.1, -0.05) is 44.7 Å². The third-order valence-electron chi connectivity index (χ3n) is 6.41. The summed E-state index contributed by atoms with van der Waals surface area (Å²) in [6.45, 7) is 6.13. The lowest BCUT2D eigenvalue weighted by Gasteiger charge is -2.14. The summed E-state index contributed by atoms with van der Waals surface area (Å²) in [5, 5.41) is 4.70. The number of methoxy groups -OCH3 is 1. The second-order valence-corrected chi connectivity index (χ2v) is 10.9. The third kappa shape index (κ3) is 6.25. The maximum absolute atomic E-state index is 13.3. The number of anilines is 1. The standard InChI is InChI=1S/C28H35N5O5S/c1-5-7-8-9-10-15-25-29-19(3)26-28(34)30-27(31-33(25)26)21-18-20(16-17-23(21)38-6-2)39(35,36)32-22-13-11-12-14-24(22)37-4/h11-14,16-18,32H,5-10,15H2,1-4H3,(H,30,31,34). The monoisotopic (exact) mass is 553 g/mol. The number of imidazole rings is 1. The van der Waals surface area contributed by atoms with Gasteiger partial charge < -0.3 is 14.5 Å². The number of hydrogen-bond donors (Lipinski definition) is 2. The van der Waals surface area contributed by atoms with Crippen molar-refractivity contribution in [2.45, 2.75) is 64.2 Å². The number of ether oxygens (including phenoxy) is 2. The average Bonchev–Trinajstić information content (AvgIpc) is 3.24. The predicted molar refractivity (Wildman–Crippen MR) is 151 cm³/mol. The molecule has 0 aliphatic heterocycles. The summed E-state index contributed by atoms with van der Waals surface area (Å²) in [7, 11) is -2.54. The summed E-state index contributed by atoms with van der Waals surface area (Å²) in [6, 6.07) is 11.2. The number of rotatable bonds is 13. The lowest BCUT2D eigenvalue weighted by Crippen LogP contribution is -2.17. The minimum Gasteiger partial charge on any atom is -0.495 e. The number of aromatic amines is 1. The molecule has 0 saturated heterocycles. The van der Waals surface area contributed by atoms with Crippen LogP contribution in [0.25, 0.3) is 16.9 Å². The van der Waals surface area contributed by atoms with Gasteiger partial charge in [0.25, 0.3) is 15.6 Å². The van der Waals surface area contributed by atoms with E-state index in [-0.39, 0.29) is 16.3 Å². The zero-order valence-electron chi connectivity index (χ0n) is 22.8. The Kier molecular flexibility index (Phi) is 8.90. The first-order valence-corrected chi connectivity index (χ1v) is 14.7. The molecule has 0 radical (unpaired) electrons. The highest BCUT2D eigenvalue weighted by atomic mass is 32.2. The first-order chi connectivity index (χ1) is 18.8. The van der Waals surface area contributed by atoms with Crippen LogP contribution in [0.3, 0.4) is 0 Å². The Morgan fingerprint density at radius 1 is 1.03 bits per heavy atom. The predicted octanol–water partition coefficient (Wildman–Crippen LogP) is 5.11. The highest BCUT2D eigenvalue weighted by molar-refractivity contribution is 7.92. The molecule has 208 valence electrons. The van der Waals surface area contributed by atoms with Gasteiger partial charge in [0.05, 0.1) is 35.6 Å². The average molecular weight is 554 g/mol. The molecule has 0 saturated carbocycles. The first-order valence-electron chi connectivity index (χ1n) is 13.2. The Morgan fingerprint density at radius 3 is 2.54 bits per heavy atom. The van der Waals surface area contributed by atoms with Crippen molar-refractivity contribution in [3.05, 3.63) is 64.3 Å². The normalized spacial score (nSPS) is 11.6. The minimum atomic E-state index is -4.01. The fourth-order valence-corrected chi connectivity index (χ4v) is 5.58. The van der Waals surface area contributed by atoms with E-state index in [0.29, 0.717) is 52.8 Å². The summed E-state index contributed by atoms with van der Waals surface area (Å²) in [5.74, 6) is 1.68. The molecule has 0 bridgehead atoms. The number of benzene rings is 2. The van der Waals surface area contributed by atoms with Crippen molar-refractivity contribution in [2.24, 2.45) is 0 Å². The lowest BCUT2D eigenvalue weighted by atomic mass is 10.1. The van der Waals surface area contributed by atoms with Gasteiger partial charge in [0.1, 0.15) is 17.3 Å². The molecule has 0 aliphatic rings. The zero-order valence-corrected chi connectivity index (χ0v) is 23.6. The molecule has 0 fully saturated rings. The highest BCUT2D eigenvalue weighted by Gasteiger charge is 2.22. The summed E-state index contributed by atoms with van der Waals surface area (Å²) >= 11 is 0. The lowest BCUT2D eigenvalue weighted by molar-refractivity contribution is 0.341. The van der Waals surface area contributed by atoms with Crippen LogP contribution in [-0.2, 0) is 16.4 Å². The van der Waals surface area contributed by atoms with E-state index in [1.165, 1.54) is 25.7 Å². The molecule has 2 heterocycles. The molecule has 0 spiro atoms. The quantitative estimate of drug-likeness (QED) is 0.220. The van der Waals surface area contributed by atoms with Gasteiger partial charge in [0.2, 0.25) is 0 Å². The van der Waals surface area contributed by atoms with Gasteiger partial charge in [0.15, 0.2) is 11.3 Å². The summed E-state index contributed by atoms with van der Waals surface area (Å²) in [5.41, 5.74) is 1.27. The van der Waals surface area contributed by atoms with Gasteiger partial charge in [0, 0.05) is 6.42 Å². The van der Waals surface area contributed by atoms with Crippen molar-refractivity contribution < 1.29 is 17.9 Å². The van der Waals surface area contributed by atoms with Crippen molar-refractivity contribution in [1.82, 2.24) is 19.6 Å². The Balaban J connectivity index is 1.76. The third-order valence-corrected chi connectivity index (χ3v) is 7.78. The van der Waals surface area contributed by atoms with Crippen LogP contribution in [0.2, 0.25) is 0 Å². The van der Waals surface area contributed by atoms with Crippen LogP contribution in [0.5, 0.6) is 11.5 Å². The van der Waals surface area contributed by atoms with Crippen LogP contribution in [0.4, 0.5) is 5.69 Å². The molecular formula is C28H35N5O5S. The molecule has 0 amide bonds. The van der Waals surface area contributed by atoms with Crippen molar-refractivity contribution in [1.29, 1.82) is 0 Å². The van der Waals surface area contributed by atoms with Gasteiger partial charge in [-0.05, 0) is 50.6 Å². The molecule has 0 atom stereocenters. The number of para-hydroxylation sites is 2. The number of unbranched alkanes of at least 4 members (excludes halogenated alkanes) is 4. The van der Waals surface area contributed by atoms with Crippen LogP contribution < -0.4 is 19.8 Å². The molecule has 0 unspecified atom stereocenters. The van der Waals surface area contributed by atoms with Crippen LogP contribution in [-0.4, -0.2) is 41.7 Å². The second kappa shape index (κ2) is 12.3. The van der Waals surface area contributed by atoms with E-state index < -0.39 is 10.0 Å². The molecule has 39 heavy (non-hydrogen) atoms. The van der Waals surface area contributed by atoms with Crippen molar-refractivity contribution in [2.75, 3.05) is 18.4 Å². The van der Waals surface area contributed by atoms with E-state index >= 15 is 0 Å². The largest absolute Gasteiger partial charge is 0.495 e. The summed E-state index contributed by atoms with van der Waals surface area (Å²) < 4.78 is 41.9. The second-order valence-electron chi connectivity index (χ2n) is 9.24.